The Bertz CT molecular complexity index is 1380. The predicted octanol–water partition coefficient (Wildman–Crippen LogP) is 6.52. The van der Waals surface area contributed by atoms with Crippen LogP contribution >= 0.6 is 0 Å². The number of aromatic nitrogens is 2. The molecule has 0 aliphatic carbocycles. The van der Waals surface area contributed by atoms with Crippen LogP contribution in [0.4, 0.5) is 13.2 Å². The molecule has 0 saturated carbocycles. The number of aliphatic carboxylic acids is 1. The van der Waals surface area contributed by atoms with Gasteiger partial charge in [0.1, 0.15) is 6.04 Å². The van der Waals surface area contributed by atoms with Gasteiger partial charge in [-0.25, -0.2) is 0 Å². The molecule has 6 nitrogen and oxygen atoms in total. The van der Waals surface area contributed by atoms with Crippen LogP contribution in [0.1, 0.15) is 36.6 Å². The SMILES string of the molecule is Cc1cc(-c2nc(-c3ccc([C@@H](C)N[C@@H](C)C(=O)O)cc3)no2)ccc1-c1ccccc1C(F)(F)F. The van der Waals surface area contributed by atoms with Crippen LogP contribution in [0.5, 0.6) is 0 Å². The number of nitrogens with one attached hydrogen (secondary N) is 1. The van der Waals surface area contributed by atoms with Gasteiger partial charge in [-0.05, 0) is 61.2 Å². The lowest BCUT2D eigenvalue weighted by molar-refractivity contribution is -0.139. The number of alkyl halides is 3. The third kappa shape index (κ3) is 5.31. The zero-order valence-electron chi connectivity index (χ0n) is 19.8. The van der Waals surface area contributed by atoms with Crippen LogP contribution in [-0.4, -0.2) is 27.3 Å². The van der Waals surface area contributed by atoms with E-state index >= 15 is 0 Å². The zero-order chi connectivity index (χ0) is 26.0. The molecule has 186 valence electrons. The Morgan fingerprint density at radius 1 is 0.972 bits per heavy atom. The number of rotatable bonds is 7. The van der Waals surface area contributed by atoms with Crippen molar-refractivity contribution in [2.45, 2.75) is 39.0 Å². The Labute approximate surface area is 205 Å². The molecule has 4 aromatic rings. The molecule has 0 saturated heterocycles. The fourth-order valence-electron chi connectivity index (χ4n) is 3.99. The fourth-order valence-corrected chi connectivity index (χ4v) is 3.99. The lowest BCUT2D eigenvalue weighted by Gasteiger charge is -2.17. The summed E-state index contributed by atoms with van der Waals surface area (Å²) in [5, 5.41) is 16.1. The van der Waals surface area contributed by atoms with Crippen LogP contribution in [-0.2, 0) is 11.0 Å². The summed E-state index contributed by atoms with van der Waals surface area (Å²) in [4.78, 5) is 15.5. The Hall–Kier alpha value is -3.98. The summed E-state index contributed by atoms with van der Waals surface area (Å²) < 4.78 is 45.8. The molecule has 1 aromatic heterocycles. The highest BCUT2D eigenvalue weighted by Gasteiger charge is 2.33. The maximum Gasteiger partial charge on any atom is 0.417 e. The first-order valence-corrected chi connectivity index (χ1v) is 11.2. The van der Waals surface area contributed by atoms with E-state index in [-0.39, 0.29) is 17.5 Å². The van der Waals surface area contributed by atoms with Gasteiger partial charge in [-0.1, -0.05) is 53.7 Å². The molecule has 4 rings (SSSR count). The Morgan fingerprint density at radius 3 is 2.28 bits per heavy atom. The van der Waals surface area contributed by atoms with Gasteiger partial charge in [0.15, 0.2) is 0 Å². The summed E-state index contributed by atoms with van der Waals surface area (Å²) >= 11 is 0. The van der Waals surface area contributed by atoms with Gasteiger partial charge < -0.3 is 9.63 Å². The first-order chi connectivity index (χ1) is 17.0. The minimum absolute atomic E-state index is 0.113. The number of benzene rings is 3. The van der Waals surface area contributed by atoms with Gasteiger partial charge in [0, 0.05) is 17.2 Å². The molecule has 0 bridgehead atoms. The minimum atomic E-state index is -4.46. The van der Waals surface area contributed by atoms with Crippen LogP contribution in [0.2, 0.25) is 0 Å². The van der Waals surface area contributed by atoms with Crippen LogP contribution in [0.15, 0.2) is 71.3 Å². The van der Waals surface area contributed by atoms with Crippen LogP contribution in [0.25, 0.3) is 34.0 Å². The second-order valence-corrected chi connectivity index (χ2v) is 8.57. The van der Waals surface area contributed by atoms with Crippen molar-refractivity contribution in [2.75, 3.05) is 0 Å². The molecule has 0 amide bonds. The second kappa shape index (κ2) is 9.94. The van der Waals surface area contributed by atoms with E-state index in [0.29, 0.717) is 28.1 Å². The monoisotopic (exact) mass is 495 g/mol. The average molecular weight is 496 g/mol. The molecule has 2 atom stereocenters. The second-order valence-electron chi connectivity index (χ2n) is 8.57. The molecule has 9 heteroatoms. The first kappa shape index (κ1) is 25.1. The van der Waals surface area contributed by atoms with E-state index in [0.717, 1.165) is 11.6 Å². The van der Waals surface area contributed by atoms with Gasteiger partial charge in [0.25, 0.3) is 5.89 Å². The van der Waals surface area contributed by atoms with E-state index in [9.17, 15) is 18.0 Å². The molecule has 0 spiro atoms. The van der Waals surface area contributed by atoms with E-state index in [1.807, 2.05) is 31.2 Å². The van der Waals surface area contributed by atoms with Crippen molar-refractivity contribution in [2.24, 2.45) is 0 Å². The molecule has 0 aliphatic rings. The van der Waals surface area contributed by atoms with Crippen LogP contribution in [0.3, 0.4) is 0 Å². The maximum absolute atomic E-state index is 13.5. The summed E-state index contributed by atoms with van der Waals surface area (Å²) in [5.74, 6) is -0.316. The largest absolute Gasteiger partial charge is 0.480 e. The van der Waals surface area contributed by atoms with Gasteiger partial charge in [0.2, 0.25) is 5.82 Å². The summed E-state index contributed by atoms with van der Waals surface area (Å²) in [7, 11) is 0. The highest BCUT2D eigenvalue weighted by Crippen LogP contribution is 2.38. The Morgan fingerprint density at radius 2 is 1.64 bits per heavy atom. The average Bonchev–Trinajstić information content (AvgIpc) is 3.34. The molecule has 0 radical (unpaired) electrons. The number of hydrogen-bond acceptors (Lipinski definition) is 5. The number of hydrogen-bond donors (Lipinski definition) is 2. The minimum Gasteiger partial charge on any atom is -0.480 e. The van der Waals surface area contributed by atoms with Gasteiger partial charge in [0.05, 0.1) is 5.56 Å². The first-order valence-electron chi connectivity index (χ1n) is 11.2. The maximum atomic E-state index is 13.5. The highest BCUT2D eigenvalue weighted by atomic mass is 19.4. The summed E-state index contributed by atoms with van der Waals surface area (Å²) in [6.07, 6.45) is -4.46. The molecular weight excluding hydrogens is 471 g/mol. The van der Waals surface area contributed by atoms with Crippen molar-refractivity contribution in [3.05, 3.63) is 83.4 Å². The molecule has 0 unspecified atom stereocenters. The van der Waals surface area contributed by atoms with Gasteiger partial charge >= 0.3 is 12.1 Å². The number of carbonyl (C=O) groups is 1. The van der Waals surface area contributed by atoms with Crippen molar-refractivity contribution < 1.29 is 27.6 Å². The smallest absolute Gasteiger partial charge is 0.417 e. The predicted molar refractivity (Wildman–Crippen MR) is 129 cm³/mol. The molecular formula is C27H24F3N3O3. The molecule has 0 aliphatic heterocycles. The number of nitrogens with zero attached hydrogens (tertiary/aromatic N) is 2. The zero-order valence-corrected chi connectivity index (χ0v) is 19.8. The third-order valence-electron chi connectivity index (χ3n) is 5.96. The molecule has 36 heavy (non-hydrogen) atoms. The van der Waals surface area contributed by atoms with E-state index in [4.69, 9.17) is 9.63 Å². The van der Waals surface area contributed by atoms with Gasteiger partial charge in [-0.2, -0.15) is 18.2 Å². The number of carboxylic acids is 1. The third-order valence-corrected chi connectivity index (χ3v) is 5.96. The van der Waals surface area contributed by atoms with E-state index < -0.39 is 23.8 Å². The van der Waals surface area contributed by atoms with Crippen molar-refractivity contribution in [1.29, 1.82) is 0 Å². The number of aryl methyl sites for hydroxylation is 1. The summed E-state index contributed by atoms with van der Waals surface area (Å²) in [5.41, 5.74) is 2.75. The molecule has 3 aromatic carbocycles. The Balaban J connectivity index is 1.56. The van der Waals surface area contributed by atoms with Crippen molar-refractivity contribution in [3.63, 3.8) is 0 Å². The van der Waals surface area contributed by atoms with E-state index in [2.05, 4.69) is 15.5 Å². The summed E-state index contributed by atoms with van der Waals surface area (Å²) in [6.45, 7) is 5.19. The standard InChI is InChI=1S/C27H24F3N3O3/c1-15-14-20(12-13-21(15)22-6-4-5-7-23(22)27(28,29)30)25-32-24(33-36-25)19-10-8-18(9-11-19)16(2)31-17(3)26(34)35/h4-14,16-17,31H,1-3H3,(H,34,35)/t16-,17+/m1/s1. The lowest BCUT2D eigenvalue weighted by Crippen LogP contribution is -2.35. The Kier molecular flexibility index (Phi) is 6.94. The number of carboxylic acid groups (broad SMARTS) is 1. The van der Waals surface area contributed by atoms with E-state index in [1.165, 1.54) is 12.1 Å². The van der Waals surface area contributed by atoms with Crippen molar-refractivity contribution >= 4 is 5.97 Å². The molecule has 0 fully saturated rings. The summed E-state index contributed by atoms with van der Waals surface area (Å²) in [6, 6.07) is 17.0. The van der Waals surface area contributed by atoms with Crippen LogP contribution in [0, 0.1) is 6.92 Å². The normalized spacial score (nSPS) is 13.4. The van der Waals surface area contributed by atoms with Gasteiger partial charge in [-0.15, -0.1) is 0 Å². The highest BCUT2D eigenvalue weighted by molar-refractivity contribution is 5.74. The topological polar surface area (TPSA) is 88.2 Å². The fraction of sp³-hybridized carbons (Fsp3) is 0.222. The lowest BCUT2D eigenvalue weighted by atomic mass is 9.94. The van der Waals surface area contributed by atoms with Crippen molar-refractivity contribution in [3.8, 4) is 34.0 Å². The van der Waals surface area contributed by atoms with Gasteiger partial charge in [-0.3, -0.25) is 10.1 Å². The number of halogens is 3. The van der Waals surface area contributed by atoms with Crippen LogP contribution < -0.4 is 5.32 Å². The molecule has 1 heterocycles. The molecule has 2 N–H and O–H groups in total. The van der Waals surface area contributed by atoms with E-state index in [1.54, 1.807) is 38.1 Å². The quantitative estimate of drug-likeness (QED) is 0.303. The van der Waals surface area contributed by atoms with Crippen molar-refractivity contribution in [1.82, 2.24) is 15.5 Å².